The quantitative estimate of drug-likeness (QED) is 0.865. The summed E-state index contributed by atoms with van der Waals surface area (Å²) in [6.45, 7) is 7.20. The van der Waals surface area contributed by atoms with Gasteiger partial charge in [-0.25, -0.2) is 4.98 Å². The van der Waals surface area contributed by atoms with Crippen molar-refractivity contribution in [3.63, 3.8) is 0 Å². The van der Waals surface area contributed by atoms with Crippen molar-refractivity contribution in [1.29, 1.82) is 0 Å². The zero-order valence-electron chi connectivity index (χ0n) is 11.7. The van der Waals surface area contributed by atoms with Crippen molar-refractivity contribution < 1.29 is 4.74 Å². The minimum atomic E-state index is 0.808. The molecule has 1 N–H and O–H groups in total. The molecule has 0 aliphatic rings. The fraction of sp³-hybridized carbons (Fsp3) is 0.312. The van der Waals surface area contributed by atoms with Crippen molar-refractivity contribution >= 4 is 5.82 Å². The van der Waals surface area contributed by atoms with E-state index in [4.69, 9.17) is 4.74 Å². The van der Waals surface area contributed by atoms with Gasteiger partial charge in [0, 0.05) is 18.8 Å². The second-order valence-corrected chi connectivity index (χ2v) is 4.60. The molecule has 2 aromatic rings. The summed E-state index contributed by atoms with van der Waals surface area (Å²) in [5.41, 5.74) is 2.40. The number of hydrogen-bond donors (Lipinski definition) is 1. The number of nitrogens with one attached hydrogen (secondary N) is 1. The van der Waals surface area contributed by atoms with Gasteiger partial charge < -0.3 is 10.1 Å². The lowest BCUT2D eigenvalue weighted by Crippen LogP contribution is -2.01. The molecule has 0 saturated heterocycles. The zero-order chi connectivity index (χ0) is 13.7. The molecule has 2 rings (SSSR count). The van der Waals surface area contributed by atoms with E-state index in [0.717, 1.165) is 30.3 Å². The fourth-order valence-electron chi connectivity index (χ4n) is 1.79. The molecule has 1 aromatic heterocycles. The lowest BCUT2D eigenvalue weighted by Gasteiger charge is -2.11. The molecule has 0 amide bonds. The second-order valence-electron chi connectivity index (χ2n) is 4.60. The monoisotopic (exact) mass is 256 g/mol. The number of benzene rings is 1. The van der Waals surface area contributed by atoms with Crippen LogP contribution in [-0.2, 0) is 0 Å². The lowest BCUT2D eigenvalue weighted by molar-refractivity contribution is 0.478. The average molecular weight is 256 g/mol. The number of nitrogens with zero attached hydrogens (tertiary/aromatic N) is 1. The number of hydrogen-bond acceptors (Lipinski definition) is 3. The van der Waals surface area contributed by atoms with Crippen molar-refractivity contribution in [3.8, 4) is 11.5 Å². The fourth-order valence-corrected chi connectivity index (χ4v) is 1.79. The van der Waals surface area contributed by atoms with Gasteiger partial charge in [0.2, 0.25) is 0 Å². The molecule has 0 bridgehead atoms. The highest BCUT2D eigenvalue weighted by molar-refractivity contribution is 5.45. The summed E-state index contributed by atoms with van der Waals surface area (Å²) in [6, 6.07) is 9.89. The summed E-state index contributed by atoms with van der Waals surface area (Å²) in [7, 11) is 0. The normalized spacial score (nSPS) is 10.3. The molecule has 3 nitrogen and oxygen atoms in total. The highest BCUT2D eigenvalue weighted by Gasteiger charge is 2.04. The van der Waals surface area contributed by atoms with E-state index in [0.29, 0.717) is 0 Å². The first-order chi connectivity index (χ1) is 9.20. The van der Waals surface area contributed by atoms with Crippen molar-refractivity contribution in [3.05, 3.63) is 47.7 Å². The summed E-state index contributed by atoms with van der Waals surface area (Å²) in [4.78, 5) is 4.27. The molecule has 100 valence electrons. The number of rotatable bonds is 5. The van der Waals surface area contributed by atoms with Gasteiger partial charge in [-0.1, -0.05) is 19.1 Å². The van der Waals surface area contributed by atoms with E-state index in [-0.39, 0.29) is 0 Å². The van der Waals surface area contributed by atoms with Gasteiger partial charge in [-0.15, -0.1) is 0 Å². The van der Waals surface area contributed by atoms with Crippen LogP contribution in [0.3, 0.4) is 0 Å². The van der Waals surface area contributed by atoms with Gasteiger partial charge in [0.25, 0.3) is 0 Å². The van der Waals surface area contributed by atoms with E-state index in [1.165, 1.54) is 11.1 Å². The Morgan fingerprint density at radius 2 is 2.05 bits per heavy atom. The molecule has 0 fully saturated rings. The maximum atomic E-state index is 5.93. The van der Waals surface area contributed by atoms with Crippen LogP contribution in [0.4, 0.5) is 5.82 Å². The molecular weight excluding hydrogens is 236 g/mol. The Bertz CT molecular complexity index is 552. The molecule has 0 atom stereocenters. The molecule has 1 aromatic carbocycles. The first kappa shape index (κ1) is 13.4. The van der Waals surface area contributed by atoms with Gasteiger partial charge in [-0.2, -0.15) is 0 Å². The smallest absolute Gasteiger partial charge is 0.132 e. The van der Waals surface area contributed by atoms with Crippen LogP contribution in [0.2, 0.25) is 0 Å². The average Bonchev–Trinajstić information content (AvgIpc) is 2.42. The van der Waals surface area contributed by atoms with Crippen molar-refractivity contribution in [2.24, 2.45) is 0 Å². The van der Waals surface area contributed by atoms with Gasteiger partial charge in [-0.05, 0) is 43.5 Å². The van der Waals surface area contributed by atoms with Crippen LogP contribution >= 0.6 is 0 Å². The Morgan fingerprint density at radius 1 is 1.21 bits per heavy atom. The Hall–Kier alpha value is -2.03. The minimum Gasteiger partial charge on any atom is -0.457 e. The molecular formula is C16H20N2O. The number of ether oxygens (including phenoxy) is 1. The Morgan fingerprint density at radius 3 is 2.84 bits per heavy atom. The van der Waals surface area contributed by atoms with Gasteiger partial charge >= 0.3 is 0 Å². The third-order valence-electron chi connectivity index (χ3n) is 3.07. The molecule has 0 aliphatic heterocycles. The standard InChI is InChI=1S/C16H20N2O/c1-4-9-17-16-11-14(8-10-18-16)19-15-7-5-6-12(2)13(15)3/h5-8,10-11H,4,9H2,1-3H3,(H,17,18). The molecule has 0 aliphatic carbocycles. The van der Waals surface area contributed by atoms with E-state index in [1.807, 2.05) is 24.3 Å². The topological polar surface area (TPSA) is 34.1 Å². The minimum absolute atomic E-state index is 0.808. The predicted octanol–water partition coefficient (Wildman–Crippen LogP) is 4.31. The summed E-state index contributed by atoms with van der Waals surface area (Å²) >= 11 is 0. The van der Waals surface area contributed by atoms with Crippen LogP contribution in [0.5, 0.6) is 11.5 Å². The lowest BCUT2D eigenvalue weighted by atomic mass is 10.1. The molecule has 0 saturated carbocycles. The maximum absolute atomic E-state index is 5.93. The summed E-state index contributed by atoms with van der Waals surface area (Å²) < 4.78 is 5.93. The number of aryl methyl sites for hydroxylation is 1. The third kappa shape index (κ3) is 3.47. The van der Waals surface area contributed by atoms with Crippen LogP contribution in [0.25, 0.3) is 0 Å². The SMILES string of the molecule is CCCNc1cc(Oc2cccc(C)c2C)ccn1. The van der Waals surface area contributed by atoms with Crippen molar-refractivity contribution in [1.82, 2.24) is 4.98 Å². The first-order valence-corrected chi connectivity index (χ1v) is 6.64. The van der Waals surface area contributed by atoms with Crippen LogP contribution in [0, 0.1) is 13.8 Å². The highest BCUT2D eigenvalue weighted by Crippen LogP contribution is 2.27. The number of pyridine rings is 1. The van der Waals surface area contributed by atoms with Crippen LogP contribution in [0.15, 0.2) is 36.5 Å². The number of anilines is 1. The summed E-state index contributed by atoms with van der Waals surface area (Å²) in [5, 5.41) is 3.26. The largest absolute Gasteiger partial charge is 0.457 e. The van der Waals surface area contributed by atoms with Crippen molar-refractivity contribution in [2.45, 2.75) is 27.2 Å². The predicted molar refractivity (Wildman–Crippen MR) is 79.0 cm³/mol. The van der Waals surface area contributed by atoms with E-state index in [1.54, 1.807) is 6.20 Å². The Labute approximate surface area is 114 Å². The molecule has 3 heteroatoms. The second kappa shape index (κ2) is 6.23. The van der Waals surface area contributed by atoms with E-state index in [9.17, 15) is 0 Å². The molecule has 0 radical (unpaired) electrons. The molecule has 0 unspecified atom stereocenters. The van der Waals surface area contributed by atoms with Crippen LogP contribution in [-0.4, -0.2) is 11.5 Å². The zero-order valence-corrected chi connectivity index (χ0v) is 11.7. The van der Waals surface area contributed by atoms with E-state index < -0.39 is 0 Å². The molecule has 0 spiro atoms. The maximum Gasteiger partial charge on any atom is 0.132 e. The third-order valence-corrected chi connectivity index (χ3v) is 3.07. The van der Waals surface area contributed by atoms with E-state index in [2.05, 4.69) is 37.1 Å². The van der Waals surface area contributed by atoms with Gasteiger partial charge in [-0.3, -0.25) is 0 Å². The van der Waals surface area contributed by atoms with Crippen LogP contribution < -0.4 is 10.1 Å². The highest BCUT2D eigenvalue weighted by atomic mass is 16.5. The first-order valence-electron chi connectivity index (χ1n) is 6.64. The van der Waals surface area contributed by atoms with Gasteiger partial charge in [0.15, 0.2) is 0 Å². The summed E-state index contributed by atoms with van der Waals surface area (Å²) in [6.07, 6.45) is 2.84. The Balaban J connectivity index is 2.16. The van der Waals surface area contributed by atoms with Gasteiger partial charge in [0.05, 0.1) is 0 Å². The molecule has 1 heterocycles. The Kier molecular flexibility index (Phi) is 4.39. The number of aromatic nitrogens is 1. The van der Waals surface area contributed by atoms with E-state index >= 15 is 0 Å². The molecule has 19 heavy (non-hydrogen) atoms. The summed E-state index contributed by atoms with van der Waals surface area (Å²) in [5.74, 6) is 2.56. The van der Waals surface area contributed by atoms with Crippen LogP contribution in [0.1, 0.15) is 24.5 Å². The van der Waals surface area contributed by atoms with Gasteiger partial charge in [0.1, 0.15) is 17.3 Å². The van der Waals surface area contributed by atoms with Crippen molar-refractivity contribution in [2.75, 3.05) is 11.9 Å².